The fourth-order valence-corrected chi connectivity index (χ4v) is 2.38. The zero-order valence-corrected chi connectivity index (χ0v) is 12.7. The van der Waals surface area contributed by atoms with Gasteiger partial charge in [0.25, 0.3) is 11.8 Å². The van der Waals surface area contributed by atoms with Crippen LogP contribution in [-0.2, 0) is 9.53 Å². The molecule has 122 valence electrons. The van der Waals surface area contributed by atoms with Crippen molar-refractivity contribution in [2.45, 2.75) is 13.3 Å². The van der Waals surface area contributed by atoms with Crippen LogP contribution in [0.15, 0.2) is 35.5 Å². The summed E-state index contributed by atoms with van der Waals surface area (Å²) < 4.78 is 5.29. The molecule has 0 aromatic heterocycles. The molecule has 7 heteroatoms. The number of amides is 2. The summed E-state index contributed by atoms with van der Waals surface area (Å²) in [4.78, 5) is 36.3. The zero-order valence-electron chi connectivity index (χ0n) is 12.7. The summed E-state index contributed by atoms with van der Waals surface area (Å²) in [5.41, 5.74) is 6.69. The van der Waals surface area contributed by atoms with Gasteiger partial charge in [0.05, 0.1) is 36.5 Å². The molecule has 2 rings (SSSR count). The summed E-state index contributed by atoms with van der Waals surface area (Å²) in [6.07, 6.45) is 0.295. The first-order valence-corrected chi connectivity index (χ1v) is 7.21. The summed E-state index contributed by atoms with van der Waals surface area (Å²) in [5, 5.41) is 8.95. The highest BCUT2D eigenvalue weighted by atomic mass is 16.5. The minimum atomic E-state index is -1.08. The number of carboxylic acids is 1. The van der Waals surface area contributed by atoms with Crippen molar-refractivity contribution in [1.29, 1.82) is 0 Å². The minimum Gasteiger partial charge on any atom is -0.478 e. The summed E-state index contributed by atoms with van der Waals surface area (Å²) >= 11 is 0. The second-order valence-corrected chi connectivity index (χ2v) is 5.02. The number of carbonyl (C=O) groups is 3. The molecule has 0 atom stereocenters. The number of hydrogen-bond donors (Lipinski definition) is 2. The quantitative estimate of drug-likeness (QED) is 0.441. The monoisotopic (exact) mass is 318 g/mol. The lowest BCUT2D eigenvalue weighted by molar-refractivity contribution is -0.132. The molecular formula is C16H18N2O5. The lowest BCUT2D eigenvalue weighted by Gasteiger charge is -2.14. The molecule has 0 aliphatic carbocycles. The third-order valence-corrected chi connectivity index (χ3v) is 3.59. The van der Waals surface area contributed by atoms with Crippen LogP contribution in [0.3, 0.4) is 0 Å². The van der Waals surface area contributed by atoms with Gasteiger partial charge in [0.15, 0.2) is 0 Å². The summed E-state index contributed by atoms with van der Waals surface area (Å²) in [6.45, 7) is 1.81. The molecule has 0 unspecified atom stereocenters. The Balaban J connectivity index is 1.90. The molecule has 7 nitrogen and oxygen atoms in total. The van der Waals surface area contributed by atoms with Gasteiger partial charge >= 0.3 is 5.97 Å². The average molecular weight is 318 g/mol. The highest BCUT2D eigenvalue weighted by Gasteiger charge is 2.34. The van der Waals surface area contributed by atoms with Crippen molar-refractivity contribution in [2.24, 2.45) is 5.73 Å². The van der Waals surface area contributed by atoms with Gasteiger partial charge in [-0.2, -0.15) is 0 Å². The van der Waals surface area contributed by atoms with Gasteiger partial charge in [-0.05, 0) is 18.6 Å². The number of carbonyl (C=O) groups excluding carboxylic acids is 2. The molecule has 1 heterocycles. The maximum atomic E-state index is 12.1. The maximum Gasteiger partial charge on any atom is 0.333 e. The normalized spacial score (nSPS) is 14.7. The number of hydrogen-bond acceptors (Lipinski definition) is 5. The second kappa shape index (κ2) is 7.06. The lowest BCUT2D eigenvalue weighted by atomic mass is 10.1. The highest BCUT2D eigenvalue weighted by Crippen LogP contribution is 2.21. The molecule has 0 saturated heterocycles. The van der Waals surface area contributed by atoms with Crippen LogP contribution >= 0.6 is 0 Å². The maximum absolute atomic E-state index is 12.1. The Morgan fingerprint density at radius 3 is 2.26 bits per heavy atom. The molecule has 0 spiro atoms. The molecule has 3 N–H and O–H groups in total. The molecule has 2 amide bonds. The van der Waals surface area contributed by atoms with E-state index in [1.54, 1.807) is 31.2 Å². The van der Waals surface area contributed by atoms with E-state index in [1.165, 1.54) is 0 Å². The fraction of sp³-hybridized carbons (Fsp3) is 0.312. The largest absolute Gasteiger partial charge is 0.478 e. The first-order chi connectivity index (χ1) is 11.0. The number of nitrogens with zero attached hydrogens (tertiary/aromatic N) is 1. The average Bonchev–Trinajstić information content (AvgIpc) is 2.77. The molecule has 1 aliphatic heterocycles. The summed E-state index contributed by atoms with van der Waals surface area (Å²) in [6, 6.07) is 6.62. The van der Waals surface area contributed by atoms with Crippen LogP contribution in [0.4, 0.5) is 0 Å². The second-order valence-electron chi connectivity index (χ2n) is 5.02. The van der Waals surface area contributed by atoms with Gasteiger partial charge in [0, 0.05) is 5.70 Å². The van der Waals surface area contributed by atoms with Crippen molar-refractivity contribution in [3.63, 3.8) is 0 Å². The first kappa shape index (κ1) is 16.7. The Bertz CT molecular complexity index is 646. The van der Waals surface area contributed by atoms with E-state index in [4.69, 9.17) is 15.6 Å². The van der Waals surface area contributed by atoms with Crippen LogP contribution in [0.2, 0.25) is 0 Å². The number of nitrogens with two attached hydrogens (primary N) is 1. The van der Waals surface area contributed by atoms with E-state index >= 15 is 0 Å². The van der Waals surface area contributed by atoms with Crippen LogP contribution in [0.1, 0.15) is 34.1 Å². The van der Waals surface area contributed by atoms with Crippen LogP contribution < -0.4 is 5.73 Å². The van der Waals surface area contributed by atoms with Gasteiger partial charge in [-0.15, -0.1) is 0 Å². The predicted molar refractivity (Wildman–Crippen MR) is 81.8 cm³/mol. The van der Waals surface area contributed by atoms with Gasteiger partial charge in [-0.1, -0.05) is 19.1 Å². The minimum absolute atomic E-state index is 0.0569. The van der Waals surface area contributed by atoms with Crippen molar-refractivity contribution in [3.8, 4) is 0 Å². The van der Waals surface area contributed by atoms with E-state index in [0.717, 1.165) is 4.90 Å². The third-order valence-electron chi connectivity index (χ3n) is 3.59. The first-order valence-electron chi connectivity index (χ1n) is 7.21. The molecular weight excluding hydrogens is 300 g/mol. The molecule has 0 bridgehead atoms. The van der Waals surface area contributed by atoms with E-state index in [2.05, 4.69) is 0 Å². The van der Waals surface area contributed by atoms with Gasteiger partial charge in [-0.3, -0.25) is 14.5 Å². The number of aliphatic carboxylic acids is 1. The van der Waals surface area contributed by atoms with Crippen molar-refractivity contribution in [2.75, 3.05) is 19.8 Å². The Hall–Kier alpha value is -2.67. The predicted octanol–water partition coefficient (Wildman–Crippen LogP) is 1.01. The number of carboxylic acid groups (broad SMARTS) is 1. The topological polar surface area (TPSA) is 110 Å². The van der Waals surface area contributed by atoms with Crippen LogP contribution in [0.25, 0.3) is 0 Å². The van der Waals surface area contributed by atoms with E-state index in [9.17, 15) is 14.4 Å². The molecule has 0 fully saturated rings. The Morgan fingerprint density at radius 1 is 1.22 bits per heavy atom. The molecule has 23 heavy (non-hydrogen) atoms. The standard InChI is InChI=1S/C16H18N2O5/c1-2-10(16(21)22)13(17)9-23-8-7-18-14(19)11-5-3-4-6-12(11)15(18)20/h3-6H,2,7-9,17H2,1H3,(H,21,22). The smallest absolute Gasteiger partial charge is 0.333 e. The van der Waals surface area contributed by atoms with Gasteiger partial charge < -0.3 is 15.6 Å². The summed E-state index contributed by atoms with van der Waals surface area (Å²) in [7, 11) is 0. The number of imide groups is 1. The number of fused-ring (bicyclic) bond motifs is 1. The zero-order chi connectivity index (χ0) is 17.0. The Kier molecular flexibility index (Phi) is 5.13. The lowest BCUT2D eigenvalue weighted by Crippen LogP contribution is -2.33. The number of rotatable bonds is 7. The Morgan fingerprint density at radius 2 is 1.78 bits per heavy atom. The van der Waals surface area contributed by atoms with Crippen LogP contribution in [0, 0.1) is 0 Å². The molecule has 0 saturated carbocycles. The van der Waals surface area contributed by atoms with E-state index < -0.39 is 5.97 Å². The van der Waals surface area contributed by atoms with Crippen molar-refractivity contribution in [1.82, 2.24) is 4.90 Å². The molecule has 1 aromatic carbocycles. The van der Waals surface area contributed by atoms with Gasteiger partial charge in [-0.25, -0.2) is 4.79 Å². The Labute approximate surface area is 133 Å². The SMILES string of the molecule is CCC(C(=O)O)=C(N)COCCN1C(=O)c2ccccc2C1=O. The van der Waals surface area contributed by atoms with Crippen molar-refractivity contribution >= 4 is 17.8 Å². The van der Waals surface area contributed by atoms with Gasteiger partial charge in [0.1, 0.15) is 0 Å². The van der Waals surface area contributed by atoms with E-state index in [-0.39, 0.29) is 42.8 Å². The highest BCUT2D eigenvalue weighted by molar-refractivity contribution is 6.21. The number of ether oxygens (including phenoxy) is 1. The molecule has 0 radical (unpaired) electrons. The van der Waals surface area contributed by atoms with E-state index in [0.29, 0.717) is 17.5 Å². The van der Waals surface area contributed by atoms with Crippen LogP contribution in [0.5, 0.6) is 0 Å². The fourth-order valence-electron chi connectivity index (χ4n) is 2.38. The molecule has 1 aromatic rings. The summed E-state index contributed by atoms with van der Waals surface area (Å²) in [5.74, 6) is -1.77. The van der Waals surface area contributed by atoms with E-state index in [1.807, 2.05) is 0 Å². The van der Waals surface area contributed by atoms with Crippen molar-refractivity contribution < 1.29 is 24.2 Å². The van der Waals surface area contributed by atoms with Gasteiger partial charge in [0.2, 0.25) is 0 Å². The molecule has 1 aliphatic rings. The third kappa shape index (κ3) is 3.40. The number of benzene rings is 1. The van der Waals surface area contributed by atoms with Crippen LogP contribution in [-0.4, -0.2) is 47.5 Å². The van der Waals surface area contributed by atoms with Crippen molar-refractivity contribution in [3.05, 3.63) is 46.7 Å².